The number of nitrogens with zero attached hydrogens (tertiary/aromatic N) is 3. The third-order valence-corrected chi connectivity index (χ3v) is 4.80. The lowest BCUT2D eigenvalue weighted by molar-refractivity contribution is -0.0331. The first-order valence-electron chi connectivity index (χ1n) is 10.5. The van der Waals surface area contributed by atoms with E-state index in [1.54, 1.807) is 0 Å². The lowest BCUT2D eigenvalue weighted by Gasteiger charge is -2.30. The maximum absolute atomic E-state index is 6.07. The molecule has 0 fully saturated rings. The second-order valence-corrected chi connectivity index (χ2v) is 8.39. The topological polar surface area (TPSA) is 28.2 Å². The van der Waals surface area contributed by atoms with Gasteiger partial charge >= 0.3 is 0 Å². The monoisotopic (exact) mass is 373 g/mol. The SMILES string of the molecule is CCC(C)COCC(C)OCC(C)N(CCCN(C)C)CCCN(C)C. The molecule has 0 heterocycles. The first-order valence-corrected chi connectivity index (χ1v) is 10.5. The van der Waals surface area contributed by atoms with Gasteiger partial charge in [0, 0.05) is 12.6 Å². The van der Waals surface area contributed by atoms with E-state index in [0.29, 0.717) is 18.6 Å². The summed E-state index contributed by atoms with van der Waals surface area (Å²) >= 11 is 0. The molecular formula is C21H47N3O2. The summed E-state index contributed by atoms with van der Waals surface area (Å²) in [5.41, 5.74) is 0. The lowest BCUT2D eigenvalue weighted by Crippen LogP contribution is -2.40. The van der Waals surface area contributed by atoms with Gasteiger partial charge in [-0.05, 0) is 87.0 Å². The molecule has 0 bridgehead atoms. The number of rotatable bonds is 17. The summed E-state index contributed by atoms with van der Waals surface area (Å²) < 4.78 is 11.8. The van der Waals surface area contributed by atoms with E-state index in [9.17, 15) is 0 Å². The van der Waals surface area contributed by atoms with E-state index in [4.69, 9.17) is 9.47 Å². The zero-order valence-corrected chi connectivity index (χ0v) is 19.0. The quantitative estimate of drug-likeness (QED) is 0.391. The Morgan fingerprint density at radius 1 is 0.731 bits per heavy atom. The second kappa shape index (κ2) is 15.8. The Morgan fingerprint density at radius 3 is 1.73 bits per heavy atom. The molecule has 5 heteroatoms. The highest BCUT2D eigenvalue weighted by atomic mass is 16.5. The Labute approximate surface area is 164 Å². The molecule has 0 amide bonds. The van der Waals surface area contributed by atoms with Gasteiger partial charge in [-0.3, -0.25) is 4.90 Å². The lowest BCUT2D eigenvalue weighted by atomic mass is 10.1. The molecule has 3 unspecified atom stereocenters. The third kappa shape index (κ3) is 14.9. The summed E-state index contributed by atoms with van der Waals surface area (Å²) in [6, 6.07) is 0.441. The molecule has 158 valence electrons. The van der Waals surface area contributed by atoms with Gasteiger partial charge in [0.05, 0.1) is 19.3 Å². The maximum atomic E-state index is 6.07. The molecular weight excluding hydrogens is 326 g/mol. The van der Waals surface area contributed by atoms with E-state index in [2.05, 4.69) is 70.6 Å². The van der Waals surface area contributed by atoms with Crippen LogP contribution in [0.5, 0.6) is 0 Å². The molecule has 0 aromatic carbocycles. The minimum Gasteiger partial charge on any atom is -0.378 e. The summed E-state index contributed by atoms with van der Waals surface area (Å²) in [5.74, 6) is 0.630. The molecule has 0 rings (SSSR count). The van der Waals surface area contributed by atoms with E-state index >= 15 is 0 Å². The van der Waals surface area contributed by atoms with Crippen LogP contribution in [-0.2, 0) is 9.47 Å². The second-order valence-electron chi connectivity index (χ2n) is 8.39. The Bertz CT molecular complexity index is 300. The van der Waals surface area contributed by atoms with Crippen molar-refractivity contribution >= 4 is 0 Å². The number of hydrogen-bond donors (Lipinski definition) is 0. The van der Waals surface area contributed by atoms with Gasteiger partial charge in [-0.1, -0.05) is 20.3 Å². The Hall–Kier alpha value is -0.200. The molecule has 0 aromatic rings. The summed E-state index contributed by atoms with van der Waals surface area (Å²) in [6.07, 6.45) is 3.73. The Morgan fingerprint density at radius 2 is 1.27 bits per heavy atom. The molecule has 0 N–H and O–H groups in total. The normalized spacial score (nSPS) is 15.8. The molecule has 0 saturated heterocycles. The molecule has 0 spiro atoms. The van der Waals surface area contributed by atoms with Gasteiger partial charge < -0.3 is 19.3 Å². The molecule has 5 nitrogen and oxygen atoms in total. The van der Waals surface area contributed by atoms with Gasteiger partial charge in [-0.25, -0.2) is 0 Å². The van der Waals surface area contributed by atoms with Crippen molar-refractivity contribution in [3.63, 3.8) is 0 Å². The fraction of sp³-hybridized carbons (Fsp3) is 1.00. The van der Waals surface area contributed by atoms with Crippen LogP contribution in [0, 0.1) is 5.92 Å². The average molecular weight is 374 g/mol. The molecule has 0 aromatic heterocycles. The zero-order chi connectivity index (χ0) is 19.9. The summed E-state index contributed by atoms with van der Waals surface area (Å²) in [4.78, 5) is 7.10. The van der Waals surface area contributed by atoms with Crippen molar-refractivity contribution in [2.75, 3.05) is 74.2 Å². The highest BCUT2D eigenvalue weighted by molar-refractivity contribution is 4.69. The van der Waals surface area contributed by atoms with Gasteiger partial charge in [0.1, 0.15) is 0 Å². The van der Waals surface area contributed by atoms with Crippen LogP contribution >= 0.6 is 0 Å². The summed E-state index contributed by atoms with van der Waals surface area (Å²) in [5, 5.41) is 0. The van der Waals surface area contributed by atoms with E-state index in [0.717, 1.165) is 39.4 Å². The Kier molecular flexibility index (Phi) is 15.7. The largest absolute Gasteiger partial charge is 0.378 e. The molecule has 0 aliphatic heterocycles. The van der Waals surface area contributed by atoms with Gasteiger partial charge in [-0.15, -0.1) is 0 Å². The van der Waals surface area contributed by atoms with Gasteiger partial charge in [-0.2, -0.15) is 0 Å². The molecule has 0 aliphatic carbocycles. The first-order chi connectivity index (χ1) is 12.3. The fourth-order valence-corrected chi connectivity index (χ4v) is 2.74. The molecule has 0 aliphatic rings. The van der Waals surface area contributed by atoms with Crippen LogP contribution in [-0.4, -0.2) is 101 Å². The van der Waals surface area contributed by atoms with Crippen molar-refractivity contribution in [1.29, 1.82) is 0 Å². The Balaban J connectivity index is 4.21. The van der Waals surface area contributed by atoms with Crippen LogP contribution in [0.2, 0.25) is 0 Å². The number of ether oxygens (including phenoxy) is 2. The van der Waals surface area contributed by atoms with Crippen molar-refractivity contribution < 1.29 is 9.47 Å². The van der Waals surface area contributed by atoms with Crippen LogP contribution in [0.1, 0.15) is 47.0 Å². The average Bonchev–Trinajstić information content (AvgIpc) is 2.57. The van der Waals surface area contributed by atoms with Crippen molar-refractivity contribution in [2.45, 2.75) is 59.1 Å². The van der Waals surface area contributed by atoms with Gasteiger partial charge in [0.2, 0.25) is 0 Å². The molecule has 3 atom stereocenters. The fourth-order valence-electron chi connectivity index (χ4n) is 2.74. The van der Waals surface area contributed by atoms with Crippen LogP contribution in [0.3, 0.4) is 0 Å². The van der Waals surface area contributed by atoms with Crippen molar-refractivity contribution in [2.24, 2.45) is 5.92 Å². The highest BCUT2D eigenvalue weighted by Gasteiger charge is 2.15. The maximum Gasteiger partial charge on any atom is 0.0781 e. The van der Waals surface area contributed by atoms with Gasteiger partial charge in [0.25, 0.3) is 0 Å². The van der Waals surface area contributed by atoms with Crippen LogP contribution in [0.25, 0.3) is 0 Å². The molecule has 0 saturated carbocycles. The van der Waals surface area contributed by atoms with Crippen LogP contribution in [0.4, 0.5) is 0 Å². The van der Waals surface area contributed by atoms with E-state index in [1.165, 1.54) is 19.3 Å². The minimum atomic E-state index is 0.159. The smallest absolute Gasteiger partial charge is 0.0781 e. The summed E-state index contributed by atoms with van der Waals surface area (Å²) in [6.45, 7) is 15.7. The van der Waals surface area contributed by atoms with E-state index in [-0.39, 0.29) is 6.10 Å². The first kappa shape index (κ1) is 25.8. The minimum absolute atomic E-state index is 0.159. The summed E-state index contributed by atoms with van der Waals surface area (Å²) in [7, 11) is 8.57. The standard InChI is InChI=1S/C21H47N3O2/c1-9-19(2)16-25-18-21(4)26-17-20(3)24(14-10-12-22(5)6)15-11-13-23(7)8/h19-21H,9-18H2,1-8H3. The van der Waals surface area contributed by atoms with Crippen LogP contribution < -0.4 is 0 Å². The predicted molar refractivity (Wildman–Crippen MR) is 113 cm³/mol. The van der Waals surface area contributed by atoms with E-state index < -0.39 is 0 Å². The van der Waals surface area contributed by atoms with Gasteiger partial charge in [0.15, 0.2) is 0 Å². The highest BCUT2D eigenvalue weighted by Crippen LogP contribution is 2.07. The van der Waals surface area contributed by atoms with Crippen molar-refractivity contribution in [1.82, 2.24) is 14.7 Å². The third-order valence-electron chi connectivity index (χ3n) is 4.80. The number of hydrogen-bond acceptors (Lipinski definition) is 5. The van der Waals surface area contributed by atoms with Crippen LogP contribution in [0.15, 0.2) is 0 Å². The molecule has 0 radical (unpaired) electrons. The van der Waals surface area contributed by atoms with Crippen molar-refractivity contribution in [3.05, 3.63) is 0 Å². The zero-order valence-electron chi connectivity index (χ0n) is 19.0. The van der Waals surface area contributed by atoms with E-state index in [1.807, 2.05) is 0 Å². The van der Waals surface area contributed by atoms with Crippen molar-refractivity contribution in [3.8, 4) is 0 Å². The molecule has 26 heavy (non-hydrogen) atoms. The predicted octanol–water partition coefficient (Wildman–Crippen LogP) is 3.05.